The Balaban J connectivity index is 2.18. The van der Waals surface area contributed by atoms with Crippen molar-refractivity contribution in [1.82, 2.24) is 9.88 Å². The predicted octanol–water partition coefficient (Wildman–Crippen LogP) is 1.91. The largest absolute Gasteiger partial charge is 0.394 e. The number of carbonyl (C=O) groups is 1. The van der Waals surface area contributed by atoms with Gasteiger partial charge in [0.05, 0.1) is 18.8 Å². The van der Waals surface area contributed by atoms with Crippen LogP contribution in [0.5, 0.6) is 0 Å². The molecule has 2 heterocycles. The molecule has 1 aromatic rings. The average Bonchev–Trinajstić information content (AvgIpc) is 2.45. The van der Waals surface area contributed by atoms with Crippen molar-refractivity contribution in [3.8, 4) is 0 Å². The molecule has 1 fully saturated rings. The maximum atomic E-state index is 12.6. The summed E-state index contributed by atoms with van der Waals surface area (Å²) >= 11 is 6.01. The van der Waals surface area contributed by atoms with Gasteiger partial charge < -0.3 is 14.7 Å². The Labute approximate surface area is 129 Å². The molecular formula is C15H21ClN2O3. The van der Waals surface area contributed by atoms with Gasteiger partial charge in [0.2, 0.25) is 0 Å². The van der Waals surface area contributed by atoms with E-state index in [1.807, 2.05) is 6.92 Å². The molecule has 1 N–H and O–H groups in total. The van der Waals surface area contributed by atoms with E-state index in [0.717, 1.165) is 18.5 Å². The van der Waals surface area contributed by atoms with Gasteiger partial charge >= 0.3 is 0 Å². The third-order valence-corrected chi connectivity index (χ3v) is 3.61. The molecule has 2 rings (SSSR count). The Morgan fingerprint density at radius 3 is 2.95 bits per heavy atom. The van der Waals surface area contributed by atoms with Crippen molar-refractivity contribution < 1.29 is 14.6 Å². The number of pyridine rings is 1. The Kier molecular flexibility index (Phi) is 5.56. The fourth-order valence-corrected chi connectivity index (χ4v) is 2.78. The highest BCUT2D eigenvalue weighted by molar-refractivity contribution is 6.29. The van der Waals surface area contributed by atoms with Crippen LogP contribution in [0.1, 0.15) is 36.3 Å². The molecule has 0 aliphatic carbocycles. The molecule has 1 aromatic heterocycles. The Morgan fingerprint density at radius 2 is 2.29 bits per heavy atom. The van der Waals surface area contributed by atoms with Gasteiger partial charge in [0, 0.05) is 24.3 Å². The minimum Gasteiger partial charge on any atom is -0.394 e. The van der Waals surface area contributed by atoms with Gasteiger partial charge in [-0.3, -0.25) is 4.79 Å². The van der Waals surface area contributed by atoms with Crippen molar-refractivity contribution in [3.05, 3.63) is 28.5 Å². The summed E-state index contributed by atoms with van der Waals surface area (Å²) in [7, 11) is 0. The molecule has 116 valence electrons. The summed E-state index contributed by atoms with van der Waals surface area (Å²) in [4.78, 5) is 18.5. The second-order valence-electron chi connectivity index (χ2n) is 5.38. The minimum atomic E-state index is -0.329. The molecule has 0 bridgehead atoms. The summed E-state index contributed by atoms with van der Waals surface area (Å²) in [5.74, 6) is -0.0924. The molecule has 1 saturated heterocycles. The first kappa shape index (κ1) is 16.2. The zero-order valence-electron chi connectivity index (χ0n) is 12.4. The second kappa shape index (κ2) is 7.20. The van der Waals surface area contributed by atoms with Gasteiger partial charge in [-0.05, 0) is 25.5 Å². The Morgan fingerprint density at radius 1 is 1.52 bits per heavy atom. The van der Waals surface area contributed by atoms with Gasteiger partial charge in [-0.1, -0.05) is 24.9 Å². The van der Waals surface area contributed by atoms with Crippen molar-refractivity contribution in [3.63, 3.8) is 0 Å². The summed E-state index contributed by atoms with van der Waals surface area (Å²) in [6.07, 6.45) is 1.32. The van der Waals surface area contributed by atoms with Gasteiger partial charge in [0.25, 0.3) is 5.91 Å². The molecule has 0 aromatic carbocycles. The first-order valence-electron chi connectivity index (χ1n) is 7.25. The Hall–Kier alpha value is -1.17. The molecule has 1 aliphatic rings. The molecule has 1 aliphatic heterocycles. The van der Waals surface area contributed by atoms with Gasteiger partial charge in [0.1, 0.15) is 5.15 Å². The number of aliphatic hydroxyl groups is 1. The van der Waals surface area contributed by atoms with E-state index < -0.39 is 0 Å². The van der Waals surface area contributed by atoms with Crippen LogP contribution in [0.3, 0.4) is 0 Å². The number of aryl methyl sites for hydroxylation is 1. The van der Waals surface area contributed by atoms with E-state index in [4.69, 9.17) is 16.3 Å². The lowest BCUT2D eigenvalue weighted by molar-refractivity contribution is -0.0858. The fraction of sp³-hybridized carbons (Fsp3) is 0.600. The highest BCUT2D eigenvalue weighted by Gasteiger charge is 2.28. The van der Waals surface area contributed by atoms with Crippen LogP contribution in [0, 0.1) is 0 Å². The number of carbonyl (C=O) groups excluding carboxylic acids is 1. The topological polar surface area (TPSA) is 62.7 Å². The Bertz CT molecular complexity index is 510. The number of nitrogens with zero attached hydrogens (tertiary/aromatic N) is 2. The van der Waals surface area contributed by atoms with Crippen LogP contribution >= 0.6 is 11.6 Å². The number of amides is 1. The number of halogens is 1. The highest BCUT2D eigenvalue weighted by Crippen LogP contribution is 2.18. The van der Waals surface area contributed by atoms with Gasteiger partial charge in [-0.15, -0.1) is 0 Å². The van der Waals surface area contributed by atoms with Crippen molar-refractivity contribution in [2.75, 3.05) is 19.7 Å². The number of rotatable bonds is 4. The van der Waals surface area contributed by atoms with Crippen molar-refractivity contribution >= 4 is 17.5 Å². The third kappa shape index (κ3) is 4.15. The monoisotopic (exact) mass is 312 g/mol. The van der Waals surface area contributed by atoms with Crippen molar-refractivity contribution in [1.29, 1.82) is 0 Å². The minimum absolute atomic E-state index is 0.0905. The molecule has 2 unspecified atom stereocenters. The van der Waals surface area contributed by atoms with Crippen molar-refractivity contribution in [2.24, 2.45) is 0 Å². The molecule has 2 atom stereocenters. The smallest absolute Gasteiger partial charge is 0.254 e. The lowest BCUT2D eigenvalue weighted by Crippen LogP contribution is -2.50. The lowest BCUT2D eigenvalue weighted by Gasteiger charge is -2.36. The van der Waals surface area contributed by atoms with Crippen LogP contribution in [-0.2, 0) is 11.2 Å². The van der Waals surface area contributed by atoms with E-state index in [1.54, 1.807) is 17.0 Å². The first-order chi connectivity index (χ1) is 10.0. The predicted molar refractivity (Wildman–Crippen MR) is 80.6 cm³/mol. The van der Waals surface area contributed by atoms with Gasteiger partial charge in [-0.25, -0.2) is 4.98 Å². The summed E-state index contributed by atoms with van der Waals surface area (Å²) in [5, 5.41) is 9.58. The lowest BCUT2D eigenvalue weighted by atomic mass is 10.1. The molecule has 0 spiro atoms. The summed E-state index contributed by atoms with van der Waals surface area (Å²) < 4.78 is 5.56. The quantitative estimate of drug-likeness (QED) is 0.863. The van der Waals surface area contributed by atoms with Crippen LogP contribution in [0.25, 0.3) is 0 Å². The van der Waals surface area contributed by atoms with E-state index in [2.05, 4.69) is 11.9 Å². The van der Waals surface area contributed by atoms with E-state index in [0.29, 0.717) is 23.8 Å². The van der Waals surface area contributed by atoms with E-state index in [9.17, 15) is 9.90 Å². The molecule has 21 heavy (non-hydrogen) atoms. The van der Waals surface area contributed by atoms with Crippen LogP contribution < -0.4 is 0 Å². The standard InChI is InChI=1S/C15H21ClN2O3/c1-3-4-12-5-11(6-14(16)17-12)15(20)18-7-10(2)21-13(8-18)9-19/h5-6,10,13,19H,3-4,7-9H2,1-2H3. The van der Waals surface area contributed by atoms with Crippen LogP contribution in [0.15, 0.2) is 12.1 Å². The van der Waals surface area contributed by atoms with Gasteiger partial charge in [-0.2, -0.15) is 0 Å². The third-order valence-electron chi connectivity index (χ3n) is 3.42. The number of aromatic nitrogens is 1. The van der Waals surface area contributed by atoms with Crippen molar-refractivity contribution in [2.45, 2.75) is 38.9 Å². The molecule has 0 radical (unpaired) electrons. The second-order valence-corrected chi connectivity index (χ2v) is 5.77. The van der Waals surface area contributed by atoms with E-state index >= 15 is 0 Å². The SMILES string of the molecule is CCCc1cc(C(=O)N2CC(C)OC(CO)C2)cc(Cl)n1. The maximum Gasteiger partial charge on any atom is 0.254 e. The first-order valence-corrected chi connectivity index (χ1v) is 7.63. The van der Waals surface area contributed by atoms with E-state index in [-0.39, 0.29) is 24.7 Å². The molecule has 5 nitrogen and oxygen atoms in total. The number of morpholine rings is 1. The zero-order chi connectivity index (χ0) is 15.4. The average molecular weight is 313 g/mol. The molecule has 1 amide bonds. The van der Waals surface area contributed by atoms with Crippen LogP contribution in [-0.4, -0.2) is 52.8 Å². The number of ether oxygens (including phenoxy) is 1. The highest BCUT2D eigenvalue weighted by atomic mass is 35.5. The van der Waals surface area contributed by atoms with E-state index in [1.165, 1.54) is 0 Å². The summed E-state index contributed by atoms with van der Waals surface area (Å²) in [6.45, 7) is 4.76. The van der Waals surface area contributed by atoms with Crippen LogP contribution in [0.2, 0.25) is 5.15 Å². The number of aliphatic hydroxyl groups excluding tert-OH is 1. The summed E-state index contributed by atoms with van der Waals surface area (Å²) in [6, 6.07) is 3.39. The fourth-order valence-electron chi connectivity index (χ4n) is 2.55. The summed E-state index contributed by atoms with van der Waals surface area (Å²) in [5.41, 5.74) is 1.37. The number of hydrogen-bond acceptors (Lipinski definition) is 4. The van der Waals surface area contributed by atoms with Gasteiger partial charge in [0.15, 0.2) is 0 Å². The normalized spacial score (nSPS) is 22.4. The molecular weight excluding hydrogens is 292 g/mol. The number of hydrogen-bond donors (Lipinski definition) is 1. The molecule has 0 saturated carbocycles. The molecule has 6 heteroatoms. The van der Waals surface area contributed by atoms with Crippen LogP contribution in [0.4, 0.5) is 0 Å². The zero-order valence-corrected chi connectivity index (χ0v) is 13.1. The maximum absolute atomic E-state index is 12.6.